The van der Waals surface area contributed by atoms with Gasteiger partial charge < -0.3 is 15.1 Å². The molecule has 0 atom stereocenters. The van der Waals surface area contributed by atoms with E-state index in [1.54, 1.807) is 0 Å². The number of anilines is 4. The molecule has 1 aromatic heterocycles. The first kappa shape index (κ1) is 19.2. The molecule has 9 nitrogen and oxygen atoms in total. The van der Waals surface area contributed by atoms with Crippen LogP contribution in [0, 0.1) is 0 Å². The summed E-state index contributed by atoms with van der Waals surface area (Å²) in [6.45, 7) is 3.80. The molecule has 4 rings (SSSR count). The van der Waals surface area contributed by atoms with Crippen LogP contribution >= 0.6 is 0 Å². The lowest BCUT2D eigenvalue weighted by molar-refractivity contribution is 0.253. The number of nitrogens with one attached hydrogen (secondary N) is 3. The maximum atomic E-state index is 12.2. The Morgan fingerprint density at radius 2 is 1.31 bits per heavy atom. The lowest BCUT2D eigenvalue weighted by Gasteiger charge is -2.30. The monoisotopic (exact) mass is 396 g/mol. The highest BCUT2D eigenvalue weighted by atomic mass is 16.2. The Labute approximate surface area is 170 Å². The molecule has 9 heteroatoms. The lowest BCUT2D eigenvalue weighted by atomic mass is 10.1. The Balaban J connectivity index is 1.47. The van der Waals surface area contributed by atoms with Gasteiger partial charge >= 0.3 is 6.03 Å². The van der Waals surface area contributed by atoms with Gasteiger partial charge in [0.1, 0.15) is 0 Å². The number of carbonyl (C=O) groups is 1. The Kier molecular flexibility index (Phi) is 6.23. The Morgan fingerprint density at radius 1 is 0.759 bits per heavy atom. The summed E-state index contributed by atoms with van der Waals surface area (Å²) in [5.41, 5.74) is 6.18. The molecule has 2 aliphatic heterocycles. The quantitative estimate of drug-likeness (QED) is 0.668. The predicted octanol–water partition coefficient (Wildman–Crippen LogP) is 3.00. The van der Waals surface area contributed by atoms with E-state index < -0.39 is 0 Å². The van der Waals surface area contributed by atoms with Crippen molar-refractivity contribution in [3.8, 4) is 0 Å². The van der Waals surface area contributed by atoms with E-state index in [1.165, 1.54) is 12.8 Å². The van der Waals surface area contributed by atoms with Crippen LogP contribution in [0.3, 0.4) is 0 Å². The van der Waals surface area contributed by atoms with Crippen LogP contribution in [0.4, 0.5) is 28.3 Å². The molecule has 0 bridgehead atoms. The number of para-hydroxylation sites is 1. The number of carbonyl (C=O) groups excluding carboxylic acids is 1. The normalized spacial score (nSPS) is 17.0. The van der Waals surface area contributed by atoms with Crippen molar-refractivity contribution in [1.29, 1.82) is 0 Å². The van der Waals surface area contributed by atoms with Crippen LogP contribution in [0.5, 0.6) is 0 Å². The van der Waals surface area contributed by atoms with Crippen LogP contribution in [-0.2, 0) is 0 Å². The summed E-state index contributed by atoms with van der Waals surface area (Å²) in [7, 11) is 0. The summed E-state index contributed by atoms with van der Waals surface area (Å²) in [5.74, 6) is 1.70. The second-order valence-electron chi connectivity index (χ2n) is 7.42. The number of hydrazine groups is 1. The molecule has 29 heavy (non-hydrogen) atoms. The highest BCUT2D eigenvalue weighted by Gasteiger charge is 2.20. The summed E-state index contributed by atoms with van der Waals surface area (Å²) >= 11 is 0. The third-order valence-corrected chi connectivity index (χ3v) is 5.21. The number of piperidine rings is 2. The number of hydrogen-bond acceptors (Lipinski definition) is 7. The molecule has 0 unspecified atom stereocenters. The van der Waals surface area contributed by atoms with E-state index in [1.807, 2.05) is 30.3 Å². The van der Waals surface area contributed by atoms with Crippen molar-refractivity contribution in [2.24, 2.45) is 0 Å². The van der Waals surface area contributed by atoms with Crippen molar-refractivity contribution < 1.29 is 4.79 Å². The van der Waals surface area contributed by atoms with Crippen molar-refractivity contribution in [3.05, 3.63) is 30.3 Å². The second kappa shape index (κ2) is 9.40. The average Bonchev–Trinajstić information content (AvgIpc) is 2.79. The molecule has 1 aromatic carbocycles. The van der Waals surface area contributed by atoms with Gasteiger partial charge in [-0.1, -0.05) is 18.2 Å². The molecule has 2 aliphatic rings. The molecule has 2 aromatic rings. The van der Waals surface area contributed by atoms with Gasteiger partial charge in [-0.3, -0.25) is 5.43 Å². The summed E-state index contributed by atoms with van der Waals surface area (Å²) in [6, 6.07) is 8.90. The van der Waals surface area contributed by atoms with Gasteiger partial charge in [-0.05, 0) is 50.7 Å². The van der Waals surface area contributed by atoms with Gasteiger partial charge in [0, 0.05) is 31.9 Å². The van der Waals surface area contributed by atoms with Crippen LogP contribution in [0.15, 0.2) is 30.3 Å². The van der Waals surface area contributed by atoms with Crippen molar-refractivity contribution >= 4 is 29.6 Å². The van der Waals surface area contributed by atoms with Gasteiger partial charge in [0.05, 0.1) is 0 Å². The minimum absolute atomic E-state index is 0.351. The molecule has 154 valence electrons. The van der Waals surface area contributed by atoms with Gasteiger partial charge in [0.25, 0.3) is 0 Å². The molecule has 3 heterocycles. The number of amides is 2. The predicted molar refractivity (Wildman–Crippen MR) is 114 cm³/mol. The molecule has 2 saturated heterocycles. The number of nitrogens with zero attached hydrogens (tertiary/aromatic N) is 5. The van der Waals surface area contributed by atoms with E-state index in [-0.39, 0.29) is 6.03 Å². The van der Waals surface area contributed by atoms with Crippen LogP contribution in [0.2, 0.25) is 0 Å². The third kappa shape index (κ3) is 5.24. The van der Waals surface area contributed by atoms with Crippen molar-refractivity contribution in [2.75, 3.05) is 46.7 Å². The first-order chi connectivity index (χ1) is 14.3. The smallest absolute Gasteiger partial charge is 0.337 e. The molecule has 0 aliphatic carbocycles. The zero-order valence-corrected chi connectivity index (χ0v) is 16.6. The summed E-state index contributed by atoms with van der Waals surface area (Å²) in [4.78, 5) is 30.4. The fraction of sp³-hybridized carbons (Fsp3) is 0.500. The molecule has 0 radical (unpaired) electrons. The van der Waals surface area contributed by atoms with E-state index in [0.717, 1.165) is 51.9 Å². The van der Waals surface area contributed by atoms with E-state index in [4.69, 9.17) is 4.98 Å². The molecule has 0 spiro atoms. The van der Waals surface area contributed by atoms with Gasteiger partial charge in [-0.15, -0.1) is 0 Å². The average molecular weight is 396 g/mol. The molecular weight excluding hydrogens is 368 g/mol. The Morgan fingerprint density at radius 3 is 1.86 bits per heavy atom. The zero-order valence-electron chi connectivity index (χ0n) is 16.6. The molecule has 2 amide bonds. The van der Waals surface area contributed by atoms with E-state index in [2.05, 4.69) is 35.9 Å². The van der Waals surface area contributed by atoms with Gasteiger partial charge in [-0.2, -0.15) is 15.0 Å². The zero-order chi connectivity index (χ0) is 19.9. The second-order valence-corrected chi connectivity index (χ2v) is 7.42. The maximum absolute atomic E-state index is 12.2. The van der Waals surface area contributed by atoms with Crippen molar-refractivity contribution in [1.82, 2.24) is 20.4 Å². The van der Waals surface area contributed by atoms with Crippen molar-refractivity contribution in [3.63, 3.8) is 0 Å². The summed E-state index contributed by atoms with van der Waals surface area (Å²) in [5, 5.41) is 2.76. The van der Waals surface area contributed by atoms with Crippen LogP contribution in [0.25, 0.3) is 0 Å². The van der Waals surface area contributed by atoms with Crippen LogP contribution in [-0.4, -0.2) is 47.2 Å². The lowest BCUT2D eigenvalue weighted by Crippen LogP contribution is -2.37. The minimum atomic E-state index is -0.379. The first-order valence-electron chi connectivity index (χ1n) is 10.4. The van der Waals surface area contributed by atoms with E-state index in [0.29, 0.717) is 23.5 Å². The van der Waals surface area contributed by atoms with Gasteiger partial charge in [0.2, 0.25) is 17.8 Å². The summed E-state index contributed by atoms with van der Waals surface area (Å²) in [6.07, 6.45) is 7.06. The van der Waals surface area contributed by atoms with E-state index >= 15 is 0 Å². The Bertz CT molecular complexity index is 767. The first-order valence-corrected chi connectivity index (χ1v) is 10.4. The van der Waals surface area contributed by atoms with Crippen LogP contribution in [0.1, 0.15) is 38.5 Å². The Hall–Kier alpha value is -3.10. The molecular formula is C20H28N8O. The number of urea groups is 1. The minimum Gasteiger partial charge on any atom is -0.341 e. The standard InChI is InChI=1S/C20H28N8O/c29-20(21-16-10-4-1-5-11-16)26-25-17-22-18(27-12-6-2-7-13-27)24-19(23-17)28-14-8-3-9-15-28/h1,4-5,10-11H,2-3,6-9,12-15H2,(H2,21,26,29)(H,22,23,24,25). The molecule has 2 fully saturated rings. The fourth-order valence-corrected chi connectivity index (χ4v) is 3.68. The molecule has 0 saturated carbocycles. The highest BCUT2D eigenvalue weighted by Crippen LogP contribution is 2.22. The van der Waals surface area contributed by atoms with Gasteiger partial charge in [-0.25, -0.2) is 10.2 Å². The van der Waals surface area contributed by atoms with E-state index in [9.17, 15) is 4.79 Å². The number of aromatic nitrogens is 3. The fourth-order valence-electron chi connectivity index (χ4n) is 3.68. The number of benzene rings is 1. The maximum Gasteiger partial charge on any atom is 0.337 e. The highest BCUT2D eigenvalue weighted by molar-refractivity contribution is 5.89. The SMILES string of the molecule is O=C(NNc1nc(N2CCCCC2)nc(N2CCCCC2)n1)Nc1ccccc1. The largest absolute Gasteiger partial charge is 0.341 e. The van der Waals surface area contributed by atoms with Gasteiger partial charge in [0.15, 0.2) is 0 Å². The topological polar surface area (TPSA) is 98.3 Å². The summed E-state index contributed by atoms with van der Waals surface area (Å²) < 4.78 is 0. The molecule has 3 N–H and O–H groups in total. The number of rotatable bonds is 5. The number of hydrogen-bond donors (Lipinski definition) is 3. The third-order valence-electron chi connectivity index (χ3n) is 5.21. The van der Waals surface area contributed by atoms with Crippen LogP contribution < -0.4 is 26.0 Å². The van der Waals surface area contributed by atoms with Crippen molar-refractivity contribution in [2.45, 2.75) is 38.5 Å².